The van der Waals surface area contributed by atoms with Crippen molar-refractivity contribution < 1.29 is 4.79 Å². The van der Waals surface area contributed by atoms with E-state index in [0.29, 0.717) is 46.6 Å². The minimum absolute atomic E-state index is 0.0555. The Kier molecular flexibility index (Phi) is 9.58. The number of amides is 1. The Labute approximate surface area is 245 Å². The van der Waals surface area contributed by atoms with Crippen molar-refractivity contribution in [2.24, 2.45) is 5.92 Å². The van der Waals surface area contributed by atoms with Crippen LogP contribution in [0.3, 0.4) is 0 Å². The van der Waals surface area contributed by atoms with Gasteiger partial charge in [0.25, 0.3) is 0 Å². The second kappa shape index (κ2) is 13.7. The first-order chi connectivity index (χ1) is 19.5. The Hall–Kier alpha value is -3.55. The fraction of sp³-hybridized carbons (Fsp3) is 0.323. The van der Waals surface area contributed by atoms with Gasteiger partial charge in [0.1, 0.15) is 17.7 Å². The van der Waals surface area contributed by atoms with Gasteiger partial charge in [0.2, 0.25) is 11.9 Å². The minimum Gasteiger partial charge on any atom is -0.358 e. The molecule has 0 aliphatic heterocycles. The summed E-state index contributed by atoms with van der Waals surface area (Å²) in [5.74, 6) is 2.19. The third-order valence-corrected chi connectivity index (χ3v) is 7.68. The molecule has 5 rings (SSSR count). The first-order valence-electron chi connectivity index (χ1n) is 13.8. The molecule has 0 spiro atoms. The number of benzene rings is 2. The maximum Gasteiger partial charge on any atom is 0.242 e. The van der Waals surface area contributed by atoms with Gasteiger partial charge >= 0.3 is 0 Å². The monoisotopic (exact) mass is 576 g/mol. The highest BCUT2D eigenvalue weighted by atomic mass is 35.5. The van der Waals surface area contributed by atoms with Crippen LogP contribution < -0.4 is 16.0 Å². The molecule has 0 bridgehead atoms. The van der Waals surface area contributed by atoms with Gasteiger partial charge in [-0.3, -0.25) is 4.79 Å². The summed E-state index contributed by atoms with van der Waals surface area (Å²) in [6.07, 6.45) is 10.6. The number of nitrogens with zero attached hydrogens (tertiary/aromatic N) is 3. The van der Waals surface area contributed by atoms with Gasteiger partial charge in [0, 0.05) is 41.6 Å². The van der Waals surface area contributed by atoms with Crippen LogP contribution in [0.1, 0.15) is 49.7 Å². The quantitative estimate of drug-likeness (QED) is 0.175. The number of aromatic nitrogens is 3. The lowest BCUT2D eigenvalue weighted by Gasteiger charge is -2.27. The van der Waals surface area contributed by atoms with Gasteiger partial charge < -0.3 is 20.5 Å². The summed E-state index contributed by atoms with van der Waals surface area (Å²) < 4.78 is 1.92. The summed E-state index contributed by atoms with van der Waals surface area (Å²) in [4.78, 5) is 23.0. The highest BCUT2D eigenvalue weighted by molar-refractivity contribution is 6.30. The summed E-state index contributed by atoms with van der Waals surface area (Å²) in [5.41, 5.74) is 1.98. The number of hydrogen-bond donors (Lipinski definition) is 3. The first kappa shape index (κ1) is 28.0. The van der Waals surface area contributed by atoms with E-state index in [1.807, 2.05) is 83.7 Å². The Morgan fingerprint density at radius 2 is 1.55 bits per heavy atom. The van der Waals surface area contributed by atoms with Crippen LogP contribution in [0.4, 0.5) is 11.8 Å². The Balaban J connectivity index is 1.36. The highest BCUT2D eigenvalue weighted by Crippen LogP contribution is 2.28. The number of carbonyl (C=O) groups excluding carboxylic acids is 1. The largest absolute Gasteiger partial charge is 0.358 e. The Morgan fingerprint density at radius 3 is 2.23 bits per heavy atom. The van der Waals surface area contributed by atoms with Crippen LogP contribution in [0.25, 0.3) is 5.82 Å². The molecule has 2 heterocycles. The molecule has 4 aromatic rings. The molecule has 9 heteroatoms. The van der Waals surface area contributed by atoms with Crippen LogP contribution in [-0.2, 0) is 17.9 Å². The van der Waals surface area contributed by atoms with Crippen molar-refractivity contribution in [1.82, 2.24) is 19.9 Å². The van der Waals surface area contributed by atoms with E-state index < -0.39 is 6.04 Å². The zero-order valence-electron chi connectivity index (χ0n) is 22.3. The molecule has 1 amide bonds. The van der Waals surface area contributed by atoms with Gasteiger partial charge in [-0.2, -0.15) is 9.97 Å². The van der Waals surface area contributed by atoms with E-state index in [1.165, 1.54) is 19.3 Å². The van der Waals surface area contributed by atoms with E-state index >= 15 is 0 Å². The third kappa shape index (κ3) is 7.99. The molecule has 40 heavy (non-hydrogen) atoms. The molecule has 1 aliphatic carbocycles. The summed E-state index contributed by atoms with van der Waals surface area (Å²) in [5, 5.41) is 11.2. The number of hydrogen-bond acceptors (Lipinski definition) is 5. The van der Waals surface area contributed by atoms with Crippen LogP contribution in [0.2, 0.25) is 10.0 Å². The van der Waals surface area contributed by atoms with Gasteiger partial charge in [0.05, 0.1) is 0 Å². The maximum absolute atomic E-state index is 13.5. The van der Waals surface area contributed by atoms with E-state index in [1.54, 1.807) is 0 Å². The fourth-order valence-corrected chi connectivity index (χ4v) is 5.59. The second-order valence-corrected chi connectivity index (χ2v) is 11.2. The van der Waals surface area contributed by atoms with Crippen LogP contribution >= 0.6 is 23.2 Å². The Morgan fingerprint density at radius 1 is 0.875 bits per heavy atom. The summed E-state index contributed by atoms with van der Waals surface area (Å²) in [6, 6.07) is 20.6. The maximum atomic E-state index is 13.5. The SMILES string of the molecule is O=C(NCc1cccc(Cl)c1)C(CC1CCCCC1)Nc1cc(-n2cccc2)nc(NCc2cccc(Cl)c2)n1. The van der Waals surface area contributed by atoms with Crippen LogP contribution in [0.5, 0.6) is 0 Å². The molecule has 1 unspecified atom stereocenters. The van der Waals surface area contributed by atoms with Crippen LogP contribution in [0, 0.1) is 5.92 Å². The summed E-state index contributed by atoms with van der Waals surface area (Å²) in [6.45, 7) is 0.924. The van der Waals surface area contributed by atoms with Crippen molar-refractivity contribution in [1.29, 1.82) is 0 Å². The molecule has 0 radical (unpaired) electrons. The molecule has 2 aromatic heterocycles. The Bertz CT molecular complexity index is 1400. The van der Waals surface area contributed by atoms with Crippen molar-refractivity contribution in [3.63, 3.8) is 0 Å². The van der Waals surface area contributed by atoms with E-state index in [9.17, 15) is 4.79 Å². The van der Waals surface area contributed by atoms with E-state index in [4.69, 9.17) is 33.2 Å². The molecular formula is C31H34Cl2N6O. The van der Waals surface area contributed by atoms with E-state index in [-0.39, 0.29) is 5.91 Å². The summed E-state index contributed by atoms with van der Waals surface area (Å²) in [7, 11) is 0. The molecule has 0 saturated heterocycles. The lowest BCUT2D eigenvalue weighted by molar-refractivity contribution is -0.122. The standard InChI is InChI=1S/C31H34Cl2N6O/c32-25-12-6-10-23(16-25)20-34-30(40)27(18-22-8-2-1-3-9-22)36-28-19-29(39-14-4-5-15-39)38-31(37-28)35-21-24-11-7-13-26(33)17-24/h4-7,10-17,19,22,27H,1-3,8-9,18,20-21H2,(H,34,40)(H2,35,36,37,38). The number of nitrogens with one attached hydrogen (secondary N) is 3. The predicted octanol–water partition coefficient (Wildman–Crippen LogP) is 7.25. The third-order valence-electron chi connectivity index (χ3n) is 7.21. The average Bonchev–Trinajstić information content (AvgIpc) is 3.51. The lowest BCUT2D eigenvalue weighted by atomic mass is 9.84. The zero-order valence-corrected chi connectivity index (χ0v) is 23.8. The number of halogens is 2. The van der Waals surface area contributed by atoms with Crippen molar-refractivity contribution in [3.8, 4) is 5.82 Å². The molecule has 2 aromatic carbocycles. The lowest BCUT2D eigenvalue weighted by Crippen LogP contribution is -2.41. The van der Waals surface area contributed by atoms with Crippen LogP contribution in [0.15, 0.2) is 79.1 Å². The van der Waals surface area contributed by atoms with Crippen molar-refractivity contribution in [2.45, 2.75) is 57.7 Å². The molecule has 1 atom stereocenters. The molecule has 1 fully saturated rings. The van der Waals surface area contributed by atoms with E-state index in [2.05, 4.69) is 16.0 Å². The van der Waals surface area contributed by atoms with Gasteiger partial charge in [-0.1, -0.05) is 79.6 Å². The normalized spacial score (nSPS) is 14.4. The van der Waals surface area contributed by atoms with Gasteiger partial charge in [-0.25, -0.2) is 0 Å². The zero-order chi connectivity index (χ0) is 27.7. The minimum atomic E-state index is -0.435. The smallest absolute Gasteiger partial charge is 0.242 e. The number of anilines is 2. The van der Waals surface area contributed by atoms with Crippen molar-refractivity contribution in [3.05, 3.63) is 100 Å². The first-order valence-corrected chi connectivity index (χ1v) is 14.6. The van der Waals surface area contributed by atoms with E-state index in [0.717, 1.165) is 30.4 Å². The van der Waals surface area contributed by atoms with Crippen molar-refractivity contribution >= 4 is 40.9 Å². The molecule has 208 valence electrons. The predicted molar refractivity (Wildman–Crippen MR) is 162 cm³/mol. The van der Waals surface area contributed by atoms with Gasteiger partial charge in [-0.05, 0) is 59.9 Å². The highest BCUT2D eigenvalue weighted by Gasteiger charge is 2.25. The van der Waals surface area contributed by atoms with Crippen LogP contribution in [-0.4, -0.2) is 26.5 Å². The molecule has 7 nitrogen and oxygen atoms in total. The summed E-state index contributed by atoms with van der Waals surface area (Å²) >= 11 is 12.3. The van der Waals surface area contributed by atoms with Crippen molar-refractivity contribution in [2.75, 3.05) is 10.6 Å². The van der Waals surface area contributed by atoms with Gasteiger partial charge in [0.15, 0.2) is 0 Å². The number of carbonyl (C=O) groups is 1. The fourth-order valence-electron chi connectivity index (χ4n) is 5.16. The van der Waals surface area contributed by atoms with Gasteiger partial charge in [-0.15, -0.1) is 0 Å². The molecule has 3 N–H and O–H groups in total. The number of rotatable bonds is 11. The average molecular weight is 578 g/mol. The molecule has 1 saturated carbocycles. The molecule has 1 aliphatic rings. The second-order valence-electron chi connectivity index (χ2n) is 10.3. The molecular weight excluding hydrogens is 543 g/mol. The topological polar surface area (TPSA) is 83.9 Å².